The van der Waals surface area contributed by atoms with Crippen molar-refractivity contribution in [1.82, 2.24) is 0 Å². The molecule has 2 nitrogen and oxygen atoms in total. The molecule has 0 heterocycles. The maximum absolute atomic E-state index is 12.7. The van der Waals surface area contributed by atoms with E-state index in [9.17, 15) is 18.0 Å². The van der Waals surface area contributed by atoms with E-state index in [0.717, 1.165) is 19.2 Å². The molecule has 0 N–H and O–H groups in total. The summed E-state index contributed by atoms with van der Waals surface area (Å²) in [7, 11) is 1.06. The number of methoxy groups -OCH3 is 1. The largest absolute Gasteiger partial charge is 0.495 e. The zero-order chi connectivity index (χ0) is 13.2. The summed E-state index contributed by atoms with van der Waals surface area (Å²) in [5.74, 6) is -1.12. The number of benzene rings is 1. The lowest BCUT2D eigenvalue weighted by atomic mass is 10.1. The van der Waals surface area contributed by atoms with Crippen molar-refractivity contribution in [3.8, 4) is 5.75 Å². The summed E-state index contributed by atoms with van der Waals surface area (Å²) in [4.78, 5) is 11.5. The monoisotopic (exact) mass is 330 g/mol. The third kappa shape index (κ3) is 2.93. The van der Waals surface area contributed by atoms with E-state index in [2.05, 4.69) is 20.7 Å². The standard InChI is InChI=1S/C10H7BrClF3O2/c1-17-9-5(10(13,14)15)2-3-6(12)8(9)7(16)4-11/h2-3H,4H2,1H3. The van der Waals surface area contributed by atoms with Crippen molar-refractivity contribution in [2.75, 3.05) is 12.4 Å². The summed E-state index contributed by atoms with van der Waals surface area (Å²) < 4.78 is 42.7. The van der Waals surface area contributed by atoms with Crippen molar-refractivity contribution in [2.45, 2.75) is 6.18 Å². The molecule has 0 bridgehead atoms. The van der Waals surface area contributed by atoms with E-state index in [-0.39, 0.29) is 15.9 Å². The Bertz CT molecular complexity index is 446. The Morgan fingerprint density at radius 3 is 2.47 bits per heavy atom. The summed E-state index contributed by atoms with van der Waals surface area (Å²) >= 11 is 8.59. The summed E-state index contributed by atoms with van der Waals surface area (Å²) in [6.07, 6.45) is -4.60. The fourth-order valence-corrected chi connectivity index (χ4v) is 1.86. The normalized spacial score (nSPS) is 11.4. The second kappa shape index (κ2) is 5.27. The Hall–Kier alpha value is -0.750. The molecule has 0 aliphatic heterocycles. The summed E-state index contributed by atoms with van der Waals surface area (Å²) in [6.45, 7) is 0. The maximum Gasteiger partial charge on any atom is 0.419 e. The van der Waals surface area contributed by atoms with Crippen molar-refractivity contribution in [3.05, 3.63) is 28.3 Å². The zero-order valence-corrected chi connectivity index (χ0v) is 10.9. The van der Waals surface area contributed by atoms with Gasteiger partial charge in [-0.3, -0.25) is 4.79 Å². The number of Topliss-reactive ketones (excluding diaryl/α,β-unsaturated/α-hetero) is 1. The van der Waals surface area contributed by atoms with E-state index in [1.54, 1.807) is 0 Å². The van der Waals surface area contributed by atoms with Crippen LogP contribution in [-0.4, -0.2) is 18.2 Å². The summed E-state index contributed by atoms with van der Waals surface area (Å²) in [5.41, 5.74) is -1.28. The number of hydrogen-bond acceptors (Lipinski definition) is 2. The Labute approximate surface area is 109 Å². The minimum Gasteiger partial charge on any atom is -0.495 e. The number of ether oxygens (including phenoxy) is 1. The summed E-state index contributed by atoms with van der Waals surface area (Å²) in [5, 5.41) is -0.205. The molecule has 0 aliphatic rings. The van der Waals surface area contributed by atoms with Gasteiger partial charge in [0.15, 0.2) is 5.78 Å². The van der Waals surface area contributed by atoms with Gasteiger partial charge in [0.2, 0.25) is 0 Å². The van der Waals surface area contributed by atoms with Gasteiger partial charge >= 0.3 is 6.18 Å². The quantitative estimate of drug-likeness (QED) is 0.619. The Kier molecular flexibility index (Phi) is 4.43. The van der Waals surface area contributed by atoms with Gasteiger partial charge in [-0.05, 0) is 12.1 Å². The molecule has 0 saturated carbocycles. The molecule has 17 heavy (non-hydrogen) atoms. The molecular weight excluding hydrogens is 324 g/mol. The van der Waals surface area contributed by atoms with E-state index in [1.165, 1.54) is 0 Å². The zero-order valence-electron chi connectivity index (χ0n) is 8.57. The molecule has 7 heteroatoms. The van der Waals surface area contributed by atoms with E-state index in [1.807, 2.05) is 0 Å². The average Bonchev–Trinajstić information content (AvgIpc) is 2.25. The topological polar surface area (TPSA) is 26.3 Å². The highest BCUT2D eigenvalue weighted by Gasteiger charge is 2.36. The first kappa shape index (κ1) is 14.3. The van der Waals surface area contributed by atoms with Crippen molar-refractivity contribution >= 4 is 33.3 Å². The predicted molar refractivity (Wildman–Crippen MR) is 61.1 cm³/mol. The van der Waals surface area contributed by atoms with E-state index >= 15 is 0 Å². The van der Waals surface area contributed by atoms with E-state index in [4.69, 9.17) is 11.6 Å². The lowest BCUT2D eigenvalue weighted by Crippen LogP contribution is -2.12. The van der Waals surface area contributed by atoms with Crippen molar-refractivity contribution < 1.29 is 22.7 Å². The predicted octanol–water partition coefficient (Wildman–Crippen LogP) is 3.95. The highest BCUT2D eigenvalue weighted by Crippen LogP contribution is 2.40. The molecule has 1 aromatic carbocycles. The van der Waals surface area contributed by atoms with Crippen LogP contribution in [0.5, 0.6) is 5.75 Å². The number of alkyl halides is 4. The Morgan fingerprint density at radius 2 is 2.06 bits per heavy atom. The number of ketones is 1. The van der Waals surface area contributed by atoms with Gasteiger partial charge in [0, 0.05) is 0 Å². The first-order chi connectivity index (χ1) is 7.82. The first-order valence-corrected chi connectivity index (χ1v) is 5.85. The third-order valence-corrected chi connectivity index (χ3v) is 2.84. The second-order valence-electron chi connectivity index (χ2n) is 3.06. The molecule has 94 valence electrons. The molecule has 1 aromatic rings. The SMILES string of the molecule is COc1c(C(F)(F)F)ccc(Cl)c1C(=O)CBr. The highest BCUT2D eigenvalue weighted by atomic mass is 79.9. The van der Waals surface area contributed by atoms with Crippen LogP contribution in [0, 0.1) is 0 Å². The van der Waals surface area contributed by atoms with Crippen molar-refractivity contribution in [2.24, 2.45) is 0 Å². The fourth-order valence-electron chi connectivity index (χ4n) is 1.32. The van der Waals surface area contributed by atoms with Gasteiger partial charge < -0.3 is 4.74 Å². The van der Waals surface area contributed by atoms with Crippen LogP contribution < -0.4 is 4.74 Å². The minimum absolute atomic E-state index is 0.0701. The van der Waals surface area contributed by atoms with Crippen molar-refractivity contribution in [3.63, 3.8) is 0 Å². The van der Waals surface area contributed by atoms with Gasteiger partial charge in [0.1, 0.15) is 5.75 Å². The van der Waals surface area contributed by atoms with Gasteiger partial charge in [-0.1, -0.05) is 27.5 Å². The lowest BCUT2D eigenvalue weighted by Gasteiger charge is -2.15. The van der Waals surface area contributed by atoms with Gasteiger partial charge in [-0.2, -0.15) is 13.2 Å². The second-order valence-corrected chi connectivity index (χ2v) is 4.03. The van der Waals surface area contributed by atoms with Gasteiger partial charge in [0.25, 0.3) is 0 Å². The van der Waals surface area contributed by atoms with Crippen LogP contribution in [0.2, 0.25) is 5.02 Å². The molecule has 0 unspecified atom stereocenters. The average molecular weight is 332 g/mol. The molecule has 1 rings (SSSR count). The highest BCUT2D eigenvalue weighted by molar-refractivity contribution is 9.09. The molecular formula is C10H7BrClF3O2. The smallest absolute Gasteiger partial charge is 0.419 e. The van der Waals surface area contributed by atoms with Gasteiger partial charge in [0.05, 0.1) is 28.6 Å². The van der Waals surface area contributed by atoms with E-state index in [0.29, 0.717) is 0 Å². The van der Waals surface area contributed by atoms with Crippen LogP contribution in [0.4, 0.5) is 13.2 Å². The molecule has 0 spiro atoms. The molecule has 0 aromatic heterocycles. The third-order valence-electron chi connectivity index (χ3n) is 2.02. The molecule has 0 saturated heterocycles. The molecule has 0 aliphatic carbocycles. The lowest BCUT2D eigenvalue weighted by molar-refractivity contribution is -0.138. The van der Waals surface area contributed by atoms with E-state index < -0.39 is 23.3 Å². The number of rotatable bonds is 3. The Morgan fingerprint density at radius 1 is 1.47 bits per heavy atom. The molecule has 0 atom stereocenters. The van der Waals surface area contributed by atoms with Gasteiger partial charge in [-0.15, -0.1) is 0 Å². The maximum atomic E-state index is 12.7. The number of hydrogen-bond donors (Lipinski definition) is 0. The number of halogens is 5. The van der Waals surface area contributed by atoms with Crippen LogP contribution in [0.1, 0.15) is 15.9 Å². The van der Waals surface area contributed by atoms with Crippen LogP contribution in [0.15, 0.2) is 12.1 Å². The molecule has 0 radical (unpaired) electrons. The number of carbonyl (C=O) groups excluding carboxylic acids is 1. The number of carbonyl (C=O) groups is 1. The Balaban J connectivity index is 3.53. The van der Waals surface area contributed by atoms with Crippen LogP contribution in [-0.2, 0) is 6.18 Å². The molecule has 0 fully saturated rings. The fraction of sp³-hybridized carbons (Fsp3) is 0.300. The van der Waals surface area contributed by atoms with Gasteiger partial charge in [-0.25, -0.2) is 0 Å². The minimum atomic E-state index is -4.60. The van der Waals surface area contributed by atoms with Crippen LogP contribution in [0.25, 0.3) is 0 Å². The van der Waals surface area contributed by atoms with Crippen LogP contribution >= 0.6 is 27.5 Å². The molecule has 0 amide bonds. The van der Waals surface area contributed by atoms with Crippen molar-refractivity contribution in [1.29, 1.82) is 0 Å². The summed E-state index contributed by atoms with van der Waals surface area (Å²) in [6, 6.07) is 1.81. The first-order valence-electron chi connectivity index (χ1n) is 4.35. The van der Waals surface area contributed by atoms with Crippen LogP contribution in [0.3, 0.4) is 0 Å².